The molecule has 0 saturated heterocycles. The first-order chi connectivity index (χ1) is 8.15. The molecule has 0 radical (unpaired) electrons. The predicted octanol–water partition coefficient (Wildman–Crippen LogP) is 0.165. The molecule has 0 aliphatic rings. The largest absolute Gasteiger partial charge is 0.480 e. The molecule has 0 aliphatic heterocycles. The normalized spacial score (nSPS) is 11.0. The number of nitrogens with zero attached hydrogens (tertiary/aromatic N) is 3. The van der Waals surface area contributed by atoms with Crippen LogP contribution < -0.4 is 0 Å². The molecule has 1 aromatic rings. The molecule has 96 valence electrons. The van der Waals surface area contributed by atoms with E-state index >= 15 is 0 Å². The maximum absolute atomic E-state index is 10.7. The van der Waals surface area contributed by atoms with Crippen molar-refractivity contribution in [2.24, 2.45) is 0 Å². The molecule has 1 aromatic heterocycles. The summed E-state index contributed by atoms with van der Waals surface area (Å²) in [7, 11) is 1.57. The third kappa shape index (κ3) is 4.92. The van der Waals surface area contributed by atoms with Gasteiger partial charge in [0.05, 0.1) is 19.7 Å². The fourth-order valence-electron chi connectivity index (χ4n) is 1.32. The third-order valence-corrected chi connectivity index (χ3v) is 2.15. The van der Waals surface area contributed by atoms with Crippen molar-refractivity contribution >= 4 is 5.97 Å². The average molecular weight is 243 g/mol. The highest BCUT2D eigenvalue weighted by Gasteiger charge is 2.13. The van der Waals surface area contributed by atoms with Crippen molar-refractivity contribution in [3.8, 4) is 0 Å². The number of aliphatic carboxylic acids is 1. The van der Waals surface area contributed by atoms with Crippen molar-refractivity contribution in [1.82, 2.24) is 15.0 Å². The smallest absolute Gasteiger partial charge is 0.317 e. The third-order valence-electron chi connectivity index (χ3n) is 2.15. The Kier molecular flexibility index (Phi) is 5.58. The van der Waals surface area contributed by atoms with Crippen molar-refractivity contribution in [2.45, 2.75) is 19.9 Å². The topological polar surface area (TPSA) is 88.7 Å². The van der Waals surface area contributed by atoms with Crippen molar-refractivity contribution in [1.29, 1.82) is 0 Å². The highest BCUT2D eigenvalue weighted by molar-refractivity contribution is 5.69. The van der Waals surface area contributed by atoms with Gasteiger partial charge in [-0.2, -0.15) is 4.98 Å². The van der Waals surface area contributed by atoms with E-state index in [1.807, 2.05) is 6.92 Å². The zero-order chi connectivity index (χ0) is 12.7. The molecule has 1 heterocycles. The second-order valence-corrected chi connectivity index (χ2v) is 3.56. The highest BCUT2D eigenvalue weighted by Crippen LogP contribution is 2.02. The van der Waals surface area contributed by atoms with Gasteiger partial charge in [0.2, 0.25) is 5.89 Å². The lowest BCUT2D eigenvalue weighted by atomic mass is 10.4. The first-order valence-electron chi connectivity index (χ1n) is 5.40. The van der Waals surface area contributed by atoms with Crippen LogP contribution in [0.15, 0.2) is 4.52 Å². The van der Waals surface area contributed by atoms with Gasteiger partial charge in [0.15, 0.2) is 5.82 Å². The van der Waals surface area contributed by atoms with E-state index in [1.165, 1.54) is 0 Å². The van der Waals surface area contributed by atoms with Crippen molar-refractivity contribution < 1.29 is 19.2 Å². The minimum Gasteiger partial charge on any atom is -0.480 e. The predicted molar refractivity (Wildman–Crippen MR) is 58.5 cm³/mol. The molecule has 0 aliphatic carbocycles. The van der Waals surface area contributed by atoms with Gasteiger partial charge in [0.25, 0.3) is 0 Å². The minimum atomic E-state index is -0.889. The molecule has 0 unspecified atom stereocenters. The number of hydrogen-bond donors (Lipinski definition) is 1. The van der Waals surface area contributed by atoms with Gasteiger partial charge in [-0.3, -0.25) is 9.69 Å². The summed E-state index contributed by atoms with van der Waals surface area (Å²) in [5.74, 6) is 0.168. The fraction of sp³-hybridized carbons (Fsp3) is 0.700. The Hall–Kier alpha value is -1.47. The Morgan fingerprint density at radius 3 is 2.88 bits per heavy atom. The van der Waals surface area contributed by atoms with Crippen LogP contribution in [0.2, 0.25) is 0 Å². The first-order valence-corrected chi connectivity index (χ1v) is 5.40. The van der Waals surface area contributed by atoms with Crippen LogP contribution in [-0.4, -0.2) is 52.9 Å². The number of aromatic nitrogens is 2. The number of methoxy groups -OCH3 is 1. The number of rotatable bonds is 8. The standard InChI is InChI=1S/C10H17N3O4/c1-3-9-11-8(12-17-9)6-13(4-5-16-2)7-10(14)15/h3-7H2,1-2H3,(H,14,15). The van der Waals surface area contributed by atoms with Crippen LogP contribution in [0.1, 0.15) is 18.6 Å². The molecule has 7 nitrogen and oxygen atoms in total. The van der Waals surface area contributed by atoms with E-state index in [1.54, 1.807) is 12.0 Å². The highest BCUT2D eigenvalue weighted by atomic mass is 16.5. The van der Waals surface area contributed by atoms with E-state index in [0.717, 1.165) is 0 Å². The van der Waals surface area contributed by atoms with Crippen molar-refractivity contribution in [3.63, 3.8) is 0 Å². The molecule has 0 saturated carbocycles. The van der Waals surface area contributed by atoms with Crippen molar-refractivity contribution in [3.05, 3.63) is 11.7 Å². The molecule has 0 fully saturated rings. The molecule has 0 aromatic carbocycles. The lowest BCUT2D eigenvalue weighted by Crippen LogP contribution is -2.32. The molecule has 1 N–H and O–H groups in total. The summed E-state index contributed by atoms with van der Waals surface area (Å²) in [6.07, 6.45) is 0.671. The van der Waals surface area contributed by atoms with Crippen LogP contribution in [0.25, 0.3) is 0 Å². The molecule has 0 spiro atoms. The summed E-state index contributed by atoms with van der Waals surface area (Å²) in [6, 6.07) is 0. The van der Waals surface area contributed by atoms with Gasteiger partial charge >= 0.3 is 5.97 Å². The van der Waals surface area contributed by atoms with Crippen molar-refractivity contribution in [2.75, 3.05) is 26.8 Å². The molecule has 7 heteroatoms. The van der Waals surface area contributed by atoms with Gasteiger partial charge in [-0.25, -0.2) is 0 Å². The number of carboxylic acids is 1. The Bertz CT molecular complexity index is 353. The van der Waals surface area contributed by atoms with Crippen LogP contribution >= 0.6 is 0 Å². The van der Waals surface area contributed by atoms with Crippen LogP contribution in [0.3, 0.4) is 0 Å². The molecule has 17 heavy (non-hydrogen) atoms. The van der Waals surface area contributed by atoms with Crippen LogP contribution in [0, 0.1) is 0 Å². The van der Waals surface area contributed by atoms with E-state index in [4.69, 9.17) is 14.4 Å². The van der Waals surface area contributed by atoms with Gasteiger partial charge in [-0.05, 0) is 0 Å². The van der Waals surface area contributed by atoms with Crippen LogP contribution in [0.4, 0.5) is 0 Å². The average Bonchev–Trinajstić information content (AvgIpc) is 2.73. The summed E-state index contributed by atoms with van der Waals surface area (Å²) >= 11 is 0. The second-order valence-electron chi connectivity index (χ2n) is 3.56. The Morgan fingerprint density at radius 2 is 2.35 bits per heavy atom. The Labute approximate surface area is 99.4 Å². The second kappa shape index (κ2) is 6.97. The number of aryl methyl sites for hydroxylation is 1. The molecule has 0 atom stereocenters. The quantitative estimate of drug-likeness (QED) is 0.695. The number of carboxylic acid groups (broad SMARTS) is 1. The van der Waals surface area contributed by atoms with Gasteiger partial charge in [-0.1, -0.05) is 12.1 Å². The minimum absolute atomic E-state index is 0.0701. The maximum Gasteiger partial charge on any atom is 0.317 e. The summed E-state index contributed by atoms with van der Waals surface area (Å²) in [4.78, 5) is 16.5. The lowest BCUT2D eigenvalue weighted by molar-refractivity contribution is -0.138. The van der Waals surface area contributed by atoms with Gasteiger partial charge in [0.1, 0.15) is 0 Å². The fourth-order valence-corrected chi connectivity index (χ4v) is 1.32. The van der Waals surface area contributed by atoms with Gasteiger partial charge in [-0.15, -0.1) is 0 Å². The number of carbonyl (C=O) groups is 1. The monoisotopic (exact) mass is 243 g/mol. The summed E-state index contributed by atoms with van der Waals surface area (Å²) in [6.45, 7) is 3.17. The van der Waals surface area contributed by atoms with E-state index in [0.29, 0.717) is 37.8 Å². The number of hydrogen-bond acceptors (Lipinski definition) is 6. The molecular formula is C10H17N3O4. The van der Waals surface area contributed by atoms with Gasteiger partial charge in [0, 0.05) is 20.1 Å². The van der Waals surface area contributed by atoms with E-state index < -0.39 is 5.97 Å². The van der Waals surface area contributed by atoms with E-state index in [9.17, 15) is 4.79 Å². The zero-order valence-corrected chi connectivity index (χ0v) is 10.0. The Balaban J connectivity index is 2.54. The summed E-state index contributed by atoms with van der Waals surface area (Å²) in [5.41, 5.74) is 0. The maximum atomic E-state index is 10.7. The lowest BCUT2D eigenvalue weighted by Gasteiger charge is -2.17. The molecule has 0 bridgehead atoms. The first kappa shape index (κ1) is 13.6. The van der Waals surface area contributed by atoms with Crippen LogP contribution in [-0.2, 0) is 22.5 Å². The van der Waals surface area contributed by atoms with E-state index in [-0.39, 0.29) is 6.54 Å². The molecular weight excluding hydrogens is 226 g/mol. The summed E-state index contributed by atoms with van der Waals surface area (Å²) < 4.78 is 9.88. The van der Waals surface area contributed by atoms with E-state index in [2.05, 4.69) is 10.1 Å². The number of ether oxygens (including phenoxy) is 1. The summed E-state index contributed by atoms with van der Waals surface area (Å²) in [5, 5.41) is 12.5. The molecule has 1 rings (SSSR count). The molecule has 0 amide bonds. The SMILES string of the molecule is CCc1nc(CN(CCOC)CC(=O)O)no1. The zero-order valence-electron chi connectivity index (χ0n) is 10.0. The Morgan fingerprint density at radius 1 is 1.59 bits per heavy atom. The van der Waals surface area contributed by atoms with Gasteiger partial charge < -0.3 is 14.4 Å². The van der Waals surface area contributed by atoms with Crippen LogP contribution in [0.5, 0.6) is 0 Å².